The molecular formula is C11H13N3OS. The first-order valence-electron chi connectivity index (χ1n) is 4.97. The average Bonchev–Trinajstić information content (AvgIpc) is 2.71. The quantitative estimate of drug-likeness (QED) is 0.845. The number of hydrogen-bond acceptors (Lipinski definition) is 5. The van der Waals surface area contributed by atoms with E-state index in [2.05, 4.69) is 9.97 Å². The molecule has 0 amide bonds. The van der Waals surface area contributed by atoms with Gasteiger partial charge in [0.2, 0.25) is 0 Å². The van der Waals surface area contributed by atoms with Gasteiger partial charge in [0, 0.05) is 11.1 Å². The third-order valence-electron chi connectivity index (χ3n) is 2.25. The first-order valence-corrected chi connectivity index (χ1v) is 5.79. The maximum atomic E-state index is 9.03. The molecule has 0 bridgehead atoms. The van der Waals surface area contributed by atoms with Gasteiger partial charge in [-0.05, 0) is 19.1 Å². The van der Waals surface area contributed by atoms with Gasteiger partial charge < -0.3 is 10.8 Å². The molecule has 0 fully saturated rings. The molecular weight excluding hydrogens is 222 g/mol. The lowest BCUT2D eigenvalue weighted by Gasteiger charge is -2.04. The molecule has 0 radical (unpaired) electrons. The summed E-state index contributed by atoms with van der Waals surface area (Å²) in [5.41, 5.74) is 7.49. The second kappa shape index (κ2) is 4.69. The average molecular weight is 235 g/mol. The Bertz CT molecular complexity index is 469. The van der Waals surface area contributed by atoms with Gasteiger partial charge in [-0.25, -0.2) is 4.98 Å². The minimum Gasteiger partial charge on any atom is -0.394 e. The fourth-order valence-corrected chi connectivity index (χ4v) is 2.47. The maximum absolute atomic E-state index is 9.03. The molecule has 0 aliphatic carbocycles. The lowest BCUT2D eigenvalue weighted by molar-refractivity contribution is 0.269. The highest BCUT2D eigenvalue weighted by Crippen LogP contribution is 2.29. The molecule has 2 aromatic rings. The highest BCUT2D eigenvalue weighted by atomic mass is 32.1. The number of nitrogens with zero attached hydrogens (tertiary/aromatic N) is 2. The van der Waals surface area contributed by atoms with Gasteiger partial charge in [0.1, 0.15) is 5.01 Å². The van der Waals surface area contributed by atoms with E-state index in [0.29, 0.717) is 0 Å². The molecule has 0 saturated carbocycles. The Balaban J connectivity index is 2.38. The first-order chi connectivity index (χ1) is 7.72. The molecule has 0 aromatic carbocycles. The number of aliphatic hydroxyl groups excluding tert-OH is 1. The van der Waals surface area contributed by atoms with Crippen LogP contribution >= 0.6 is 11.3 Å². The van der Waals surface area contributed by atoms with Crippen LogP contribution in [0.3, 0.4) is 0 Å². The molecule has 4 nitrogen and oxygen atoms in total. The third kappa shape index (κ3) is 2.11. The van der Waals surface area contributed by atoms with E-state index >= 15 is 0 Å². The van der Waals surface area contributed by atoms with Crippen LogP contribution in [0.5, 0.6) is 0 Å². The van der Waals surface area contributed by atoms with Gasteiger partial charge in [-0.3, -0.25) is 4.98 Å². The van der Waals surface area contributed by atoms with Crippen LogP contribution in [0.15, 0.2) is 24.4 Å². The Hall–Kier alpha value is -1.30. The summed E-state index contributed by atoms with van der Waals surface area (Å²) in [7, 11) is 0. The van der Waals surface area contributed by atoms with E-state index in [0.717, 1.165) is 21.3 Å². The largest absolute Gasteiger partial charge is 0.394 e. The van der Waals surface area contributed by atoms with E-state index in [-0.39, 0.29) is 12.6 Å². The van der Waals surface area contributed by atoms with Crippen molar-refractivity contribution in [3.05, 3.63) is 35.0 Å². The Labute approximate surface area is 97.8 Å². The zero-order valence-corrected chi connectivity index (χ0v) is 9.74. The standard InChI is InChI=1S/C11H13N3OS/c1-7-10(8(12)6-15)16-11(14-7)9-4-2-3-5-13-9/h2-5,8,15H,6,12H2,1H3. The fraction of sp³-hybridized carbons (Fsp3) is 0.273. The normalized spacial score (nSPS) is 12.7. The molecule has 1 unspecified atom stereocenters. The van der Waals surface area contributed by atoms with Crippen LogP contribution in [0.4, 0.5) is 0 Å². The van der Waals surface area contributed by atoms with E-state index in [1.54, 1.807) is 6.20 Å². The van der Waals surface area contributed by atoms with E-state index in [9.17, 15) is 0 Å². The SMILES string of the molecule is Cc1nc(-c2ccccn2)sc1C(N)CO. The van der Waals surface area contributed by atoms with Gasteiger partial charge in [-0.2, -0.15) is 0 Å². The molecule has 16 heavy (non-hydrogen) atoms. The number of pyridine rings is 1. The van der Waals surface area contributed by atoms with Crippen molar-refractivity contribution in [2.75, 3.05) is 6.61 Å². The number of aromatic nitrogens is 2. The smallest absolute Gasteiger partial charge is 0.142 e. The minimum absolute atomic E-state index is 0.0648. The van der Waals surface area contributed by atoms with Crippen LogP contribution in [0.25, 0.3) is 10.7 Å². The highest BCUT2D eigenvalue weighted by molar-refractivity contribution is 7.15. The number of nitrogens with two attached hydrogens (primary N) is 1. The summed E-state index contributed by atoms with van der Waals surface area (Å²) in [5, 5.41) is 9.88. The molecule has 2 rings (SSSR count). The first kappa shape index (κ1) is 11.2. The molecule has 3 N–H and O–H groups in total. The summed E-state index contributed by atoms with van der Waals surface area (Å²) >= 11 is 1.49. The number of rotatable bonds is 3. The minimum atomic E-state index is -0.352. The van der Waals surface area contributed by atoms with Crippen LogP contribution in [0.1, 0.15) is 16.6 Å². The topological polar surface area (TPSA) is 72.0 Å². The zero-order valence-electron chi connectivity index (χ0n) is 8.92. The maximum Gasteiger partial charge on any atom is 0.142 e. The number of thiazole rings is 1. The molecule has 2 aromatic heterocycles. The summed E-state index contributed by atoms with van der Waals surface area (Å²) < 4.78 is 0. The van der Waals surface area contributed by atoms with Crippen LogP contribution in [0.2, 0.25) is 0 Å². The zero-order chi connectivity index (χ0) is 11.5. The van der Waals surface area contributed by atoms with E-state index in [1.807, 2.05) is 25.1 Å². The summed E-state index contributed by atoms with van der Waals surface area (Å²) in [5.74, 6) is 0. The molecule has 5 heteroatoms. The van der Waals surface area contributed by atoms with Gasteiger partial charge in [0.15, 0.2) is 0 Å². The Morgan fingerprint density at radius 2 is 2.31 bits per heavy atom. The van der Waals surface area contributed by atoms with Crippen molar-refractivity contribution in [3.8, 4) is 10.7 Å². The predicted octanol–water partition coefficient (Wildman–Crippen LogP) is 1.51. The summed E-state index contributed by atoms with van der Waals surface area (Å²) in [6.07, 6.45) is 1.73. The van der Waals surface area contributed by atoms with Crippen molar-refractivity contribution in [1.29, 1.82) is 0 Å². The molecule has 2 heterocycles. The van der Waals surface area contributed by atoms with Crippen molar-refractivity contribution in [2.45, 2.75) is 13.0 Å². The van der Waals surface area contributed by atoms with Gasteiger partial charge >= 0.3 is 0 Å². The van der Waals surface area contributed by atoms with E-state index in [1.165, 1.54) is 11.3 Å². The van der Waals surface area contributed by atoms with Gasteiger partial charge in [0.25, 0.3) is 0 Å². The third-order valence-corrected chi connectivity index (χ3v) is 3.56. The van der Waals surface area contributed by atoms with Crippen molar-refractivity contribution >= 4 is 11.3 Å². The van der Waals surface area contributed by atoms with Crippen molar-refractivity contribution in [2.24, 2.45) is 5.73 Å². The number of hydrogen-bond donors (Lipinski definition) is 2. The number of aliphatic hydroxyl groups is 1. The Kier molecular flexibility index (Phi) is 3.28. The van der Waals surface area contributed by atoms with Crippen LogP contribution in [-0.4, -0.2) is 21.7 Å². The lowest BCUT2D eigenvalue weighted by atomic mass is 10.2. The predicted molar refractivity (Wildman–Crippen MR) is 64.1 cm³/mol. The van der Waals surface area contributed by atoms with Gasteiger partial charge in [0.05, 0.1) is 24.0 Å². The van der Waals surface area contributed by atoms with Crippen LogP contribution < -0.4 is 5.73 Å². The monoisotopic (exact) mass is 235 g/mol. The van der Waals surface area contributed by atoms with Gasteiger partial charge in [-0.15, -0.1) is 11.3 Å². The fourth-order valence-electron chi connectivity index (χ4n) is 1.43. The Morgan fingerprint density at radius 1 is 1.50 bits per heavy atom. The van der Waals surface area contributed by atoms with E-state index < -0.39 is 0 Å². The molecule has 0 spiro atoms. The summed E-state index contributed by atoms with van der Waals surface area (Å²) in [6, 6.07) is 5.34. The summed E-state index contributed by atoms with van der Waals surface area (Å²) in [6.45, 7) is 1.83. The van der Waals surface area contributed by atoms with Crippen LogP contribution in [-0.2, 0) is 0 Å². The molecule has 0 aliphatic rings. The lowest BCUT2D eigenvalue weighted by Crippen LogP contribution is -2.13. The molecule has 84 valence electrons. The van der Waals surface area contributed by atoms with Gasteiger partial charge in [-0.1, -0.05) is 6.07 Å². The van der Waals surface area contributed by atoms with E-state index in [4.69, 9.17) is 10.8 Å². The van der Waals surface area contributed by atoms with Crippen molar-refractivity contribution in [3.63, 3.8) is 0 Å². The molecule has 0 aliphatic heterocycles. The van der Waals surface area contributed by atoms with Crippen molar-refractivity contribution < 1.29 is 5.11 Å². The number of aryl methyl sites for hydroxylation is 1. The second-order valence-corrected chi connectivity index (χ2v) is 4.50. The molecule has 0 saturated heterocycles. The van der Waals surface area contributed by atoms with Crippen molar-refractivity contribution in [1.82, 2.24) is 9.97 Å². The van der Waals surface area contributed by atoms with Crippen LogP contribution in [0, 0.1) is 6.92 Å². The molecule has 1 atom stereocenters. The highest BCUT2D eigenvalue weighted by Gasteiger charge is 2.15. The second-order valence-electron chi connectivity index (χ2n) is 3.47. The Morgan fingerprint density at radius 3 is 2.94 bits per heavy atom. The summed E-state index contributed by atoms with van der Waals surface area (Å²) in [4.78, 5) is 9.57.